The fourth-order valence-corrected chi connectivity index (χ4v) is 6.81. The number of fused-ring (bicyclic) bond motifs is 3. The first-order chi connectivity index (χ1) is 16.0. The zero-order valence-electron chi connectivity index (χ0n) is 18.9. The highest BCUT2D eigenvalue weighted by molar-refractivity contribution is 7.89. The zero-order chi connectivity index (χ0) is 22.8. The molecule has 1 heterocycles. The second kappa shape index (κ2) is 9.47. The van der Waals surface area contributed by atoms with Crippen LogP contribution in [0.25, 0.3) is 0 Å². The van der Waals surface area contributed by atoms with E-state index in [-0.39, 0.29) is 0 Å². The molecule has 2 atom stereocenters. The van der Waals surface area contributed by atoms with Gasteiger partial charge in [0.05, 0.1) is 16.8 Å². The van der Waals surface area contributed by atoms with Gasteiger partial charge in [-0.1, -0.05) is 24.3 Å². The summed E-state index contributed by atoms with van der Waals surface area (Å²) in [6.07, 6.45) is 7.34. The van der Waals surface area contributed by atoms with Crippen molar-refractivity contribution in [1.82, 2.24) is 10.0 Å². The SMILES string of the molecule is O=S(=O)(NCC1CCC(CNC2=N[C@@H]3CCc4cc(O)ccc4[C@@H]3C2)CC1)c1ccccc1. The van der Waals surface area contributed by atoms with Crippen molar-refractivity contribution in [1.29, 1.82) is 0 Å². The Morgan fingerprint density at radius 3 is 2.42 bits per heavy atom. The van der Waals surface area contributed by atoms with E-state index in [2.05, 4.69) is 16.1 Å². The quantitative estimate of drug-likeness (QED) is 0.600. The van der Waals surface area contributed by atoms with Gasteiger partial charge in [-0.15, -0.1) is 0 Å². The van der Waals surface area contributed by atoms with Crippen molar-refractivity contribution in [2.75, 3.05) is 13.1 Å². The average Bonchev–Trinajstić information content (AvgIpc) is 3.26. The fourth-order valence-electron chi connectivity index (χ4n) is 5.67. The number of aromatic hydroxyl groups is 1. The van der Waals surface area contributed by atoms with Crippen LogP contribution < -0.4 is 10.0 Å². The van der Waals surface area contributed by atoms with Crippen molar-refractivity contribution in [3.8, 4) is 5.75 Å². The van der Waals surface area contributed by atoms with E-state index < -0.39 is 10.0 Å². The molecule has 0 saturated heterocycles. The molecule has 1 saturated carbocycles. The fraction of sp³-hybridized carbons (Fsp3) is 0.500. The van der Waals surface area contributed by atoms with Gasteiger partial charge in [0, 0.05) is 25.4 Å². The Balaban J connectivity index is 1.07. The van der Waals surface area contributed by atoms with Gasteiger partial charge in [0.1, 0.15) is 5.75 Å². The molecule has 2 aromatic rings. The van der Waals surface area contributed by atoms with E-state index in [1.54, 1.807) is 30.3 Å². The summed E-state index contributed by atoms with van der Waals surface area (Å²) < 4.78 is 27.7. The number of phenolic OH excluding ortho intramolecular Hbond substituents is 1. The number of amidine groups is 1. The van der Waals surface area contributed by atoms with Crippen molar-refractivity contribution in [2.45, 2.75) is 61.8 Å². The summed E-state index contributed by atoms with van der Waals surface area (Å²) in [4.78, 5) is 5.32. The Labute approximate surface area is 196 Å². The molecule has 1 aliphatic heterocycles. The minimum Gasteiger partial charge on any atom is -0.508 e. The first kappa shape index (κ1) is 22.4. The maximum absolute atomic E-state index is 12.4. The minimum absolute atomic E-state index is 0.334. The van der Waals surface area contributed by atoms with Gasteiger partial charge >= 0.3 is 0 Å². The lowest BCUT2D eigenvalue weighted by Crippen LogP contribution is -2.34. The summed E-state index contributed by atoms with van der Waals surface area (Å²) in [6.45, 7) is 1.46. The number of phenols is 1. The first-order valence-corrected chi connectivity index (χ1v) is 13.6. The highest BCUT2D eigenvalue weighted by Gasteiger charge is 2.35. The molecule has 0 spiro atoms. The molecule has 0 radical (unpaired) electrons. The van der Waals surface area contributed by atoms with E-state index in [1.807, 2.05) is 12.1 Å². The Bertz CT molecular complexity index is 1110. The summed E-state index contributed by atoms with van der Waals surface area (Å²) in [7, 11) is -3.42. The number of hydrogen-bond acceptors (Lipinski definition) is 5. The number of nitrogens with zero attached hydrogens (tertiary/aromatic N) is 1. The predicted molar refractivity (Wildman–Crippen MR) is 130 cm³/mol. The van der Waals surface area contributed by atoms with E-state index in [0.29, 0.717) is 41.0 Å². The number of sulfonamides is 1. The lowest BCUT2D eigenvalue weighted by molar-refractivity contribution is 0.275. The molecule has 0 aromatic heterocycles. The number of rotatable bonds is 6. The standard InChI is InChI=1S/C26H33N3O3S/c30-21-11-12-23-20(14-21)10-13-25-24(23)15-26(29-25)27-16-18-6-8-19(9-7-18)17-28-33(31,32)22-4-2-1-3-5-22/h1-5,11-12,14,18-19,24-25,28,30H,6-10,13,15-17H2,(H,27,29)/t18?,19?,24-,25+/m0/s1. The summed E-state index contributed by atoms with van der Waals surface area (Å²) >= 11 is 0. The van der Waals surface area contributed by atoms with Gasteiger partial charge in [0.25, 0.3) is 0 Å². The van der Waals surface area contributed by atoms with Crippen LogP contribution in [0.3, 0.4) is 0 Å². The molecular formula is C26H33N3O3S. The Hall–Kier alpha value is -2.38. The average molecular weight is 468 g/mol. The Morgan fingerprint density at radius 2 is 1.67 bits per heavy atom. The van der Waals surface area contributed by atoms with Gasteiger partial charge in [-0.25, -0.2) is 13.1 Å². The molecule has 6 nitrogen and oxygen atoms in total. The highest BCUT2D eigenvalue weighted by Crippen LogP contribution is 2.40. The van der Waals surface area contributed by atoms with Crippen molar-refractivity contribution >= 4 is 15.9 Å². The van der Waals surface area contributed by atoms with E-state index in [0.717, 1.165) is 57.3 Å². The smallest absolute Gasteiger partial charge is 0.240 e. The van der Waals surface area contributed by atoms with Crippen LogP contribution >= 0.6 is 0 Å². The maximum Gasteiger partial charge on any atom is 0.240 e. The van der Waals surface area contributed by atoms with Crippen LogP contribution in [0.15, 0.2) is 58.4 Å². The molecule has 7 heteroatoms. The lowest BCUT2D eigenvalue weighted by atomic mass is 9.79. The van der Waals surface area contributed by atoms with Gasteiger partial charge in [-0.05, 0) is 85.8 Å². The molecule has 5 rings (SSSR count). The predicted octanol–water partition coefficient (Wildman–Crippen LogP) is 3.97. The Morgan fingerprint density at radius 1 is 0.939 bits per heavy atom. The van der Waals surface area contributed by atoms with Crippen LogP contribution in [0, 0.1) is 11.8 Å². The van der Waals surface area contributed by atoms with Crippen LogP contribution in [0.5, 0.6) is 5.75 Å². The summed E-state index contributed by atoms with van der Waals surface area (Å²) in [6, 6.07) is 14.7. The Kier molecular flexibility index (Phi) is 6.43. The normalized spacial score (nSPS) is 26.8. The first-order valence-electron chi connectivity index (χ1n) is 12.1. The maximum atomic E-state index is 12.4. The molecular weight excluding hydrogens is 434 g/mol. The molecule has 33 heavy (non-hydrogen) atoms. The molecule has 0 unspecified atom stereocenters. The van der Waals surface area contributed by atoms with Gasteiger partial charge in [0.15, 0.2) is 0 Å². The third-order valence-electron chi connectivity index (χ3n) is 7.61. The van der Waals surface area contributed by atoms with Gasteiger partial charge in [-0.2, -0.15) is 0 Å². The number of benzene rings is 2. The van der Waals surface area contributed by atoms with Crippen molar-refractivity contribution in [3.63, 3.8) is 0 Å². The van der Waals surface area contributed by atoms with E-state index in [1.165, 1.54) is 11.1 Å². The zero-order valence-corrected chi connectivity index (χ0v) is 19.7. The molecule has 0 bridgehead atoms. The minimum atomic E-state index is -3.42. The van der Waals surface area contributed by atoms with Gasteiger partial charge in [0.2, 0.25) is 10.0 Å². The molecule has 2 aromatic carbocycles. The topological polar surface area (TPSA) is 90.8 Å². The third kappa shape index (κ3) is 5.09. The largest absolute Gasteiger partial charge is 0.508 e. The lowest BCUT2D eigenvalue weighted by Gasteiger charge is -2.29. The molecule has 176 valence electrons. The van der Waals surface area contributed by atoms with Crippen LogP contribution in [0.1, 0.15) is 55.6 Å². The van der Waals surface area contributed by atoms with Crippen molar-refractivity contribution in [2.24, 2.45) is 16.8 Å². The van der Waals surface area contributed by atoms with E-state index >= 15 is 0 Å². The van der Waals surface area contributed by atoms with Crippen LogP contribution in [0.4, 0.5) is 0 Å². The number of aliphatic imine (C=N–C) groups is 1. The van der Waals surface area contributed by atoms with Gasteiger partial charge in [-0.3, -0.25) is 4.99 Å². The second-order valence-corrected chi connectivity index (χ2v) is 11.6. The second-order valence-electron chi connectivity index (χ2n) is 9.81. The summed E-state index contributed by atoms with van der Waals surface area (Å²) in [5, 5.41) is 13.4. The molecule has 3 N–H and O–H groups in total. The summed E-state index contributed by atoms with van der Waals surface area (Å²) in [5.41, 5.74) is 2.62. The molecule has 0 amide bonds. The van der Waals surface area contributed by atoms with Crippen LogP contribution in [-0.2, 0) is 16.4 Å². The third-order valence-corrected chi connectivity index (χ3v) is 9.05. The number of nitrogens with one attached hydrogen (secondary N) is 2. The molecule has 3 aliphatic rings. The van der Waals surface area contributed by atoms with Crippen molar-refractivity contribution in [3.05, 3.63) is 59.7 Å². The monoisotopic (exact) mass is 467 g/mol. The molecule has 2 aliphatic carbocycles. The number of aryl methyl sites for hydroxylation is 1. The van der Waals surface area contributed by atoms with Crippen LogP contribution in [0.2, 0.25) is 0 Å². The number of hydrogen-bond donors (Lipinski definition) is 3. The van der Waals surface area contributed by atoms with Crippen LogP contribution in [-0.4, -0.2) is 38.5 Å². The van der Waals surface area contributed by atoms with Gasteiger partial charge < -0.3 is 10.4 Å². The highest BCUT2D eigenvalue weighted by atomic mass is 32.2. The van der Waals surface area contributed by atoms with E-state index in [9.17, 15) is 13.5 Å². The summed E-state index contributed by atoms with van der Waals surface area (Å²) in [5.74, 6) is 2.93. The van der Waals surface area contributed by atoms with Crippen molar-refractivity contribution < 1.29 is 13.5 Å². The molecule has 1 fully saturated rings. The van der Waals surface area contributed by atoms with E-state index in [4.69, 9.17) is 4.99 Å².